The number of halogens is 1. The largest absolute Gasteiger partial charge is 0.493 e. The van der Waals surface area contributed by atoms with E-state index < -0.39 is 0 Å². The van der Waals surface area contributed by atoms with Crippen LogP contribution in [0.4, 0.5) is 0 Å². The van der Waals surface area contributed by atoms with Gasteiger partial charge in [0.25, 0.3) is 0 Å². The lowest BCUT2D eigenvalue weighted by Crippen LogP contribution is -2.02. The van der Waals surface area contributed by atoms with E-state index in [4.69, 9.17) is 25.8 Å². The summed E-state index contributed by atoms with van der Waals surface area (Å²) >= 11 is 5.62. The van der Waals surface area contributed by atoms with Gasteiger partial charge in [0.05, 0.1) is 14.2 Å². The highest BCUT2D eigenvalue weighted by molar-refractivity contribution is 6.29. The van der Waals surface area contributed by atoms with Crippen molar-refractivity contribution in [1.82, 2.24) is 0 Å². The Kier molecular flexibility index (Phi) is 4.84. The lowest BCUT2D eigenvalue weighted by Gasteiger charge is -2.14. The summed E-state index contributed by atoms with van der Waals surface area (Å²) in [5.74, 6) is 1.20. The van der Waals surface area contributed by atoms with Crippen LogP contribution >= 0.6 is 11.6 Å². The Morgan fingerprint density at radius 3 is 2.24 bits per heavy atom. The van der Waals surface area contributed by atoms with Gasteiger partial charge in [-0.05, 0) is 12.1 Å². The molecule has 0 radical (unpaired) electrons. The highest BCUT2D eigenvalue weighted by Crippen LogP contribution is 2.38. The number of hydrogen-bond acceptors (Lipinski definition) is 4. The Hall–Kier alpha value is -1.68. The maximum atomic E-state index is 10.7. The summed E-state index contributed by atoms with van der Waals surface area (Å²) in [6, 6.07) is 3.11. The molecule has 0 bridgehead atoms. The molecule has 17 heavy (non-hydrogen) atoms. The van der Waals surface area contributed by atoms with Crippen LogP contribution < -0.4 is 14.2 Å². The van der Waals surface area contributed by atoms with Crippen molar-refractivity contribution in [1.29, 1.82) is 0 Å². The molecule has 4 nitrogen and oxygen atoms in total. The fraction of sp³-hybridized carbons (Fsp3) is 0.250. The van der Waals surface area contributed by atoms with Crippen LogP contribution in [-0.4, -0.2) is 27.1 Å². The van der Waals surface area contributed by atoms with Gasteiger partial charge in [-0.3, -0.25) is 4.79 Å². The molecule has 5 heteroatoms. The molecule has 0 heterocycles. The molecule has 92 valence electrons. The summed E-state index contributed by atoms with van der Waals surface area (Å²) in [6.07, 6.45) is 0.704. The van der Waals surface area contributed by atoms with Gasteiger partial charge in [0.15, 0.2) is 11.5 Å². The molecule has 0 amide bonds. The third kappa shape index (κ3) is 3.39. The molecule has 1 rings (SSSR count). The molecule has 0 spiro atoms. The molecular weight excluding hydrogens is 244 g/mol. The number of methoxy groups -OCH3 is 2. The molecule has 0 aliphatic rings. The number of aldehydes is 1. The van der Waals surface area contributed by atoms with Gasteiger partial charge >= 0.3 is 0 Å². The quantitative estimate of drug-likeness (QED) is 0.734. The van der Waals surface area contributed by atoms with Crippen molar-refractivity contribution < 1.29 is 19.0 Å². The number of benzene rings is 1. The number of carbonyl (C=O) groups excluding carboxylic acids is 1. The smallest absolute Gasteiger partial charge is 0.203 e. The normalized spacial score (nSPS) is 9.59. The maximum absolute atomic E-state index is 10.7. The molecule has 0 aliphatic carbocycles. The van der Waals surface area contributed by atoms with Crippen molar-refractivity contribution in [2.24, 2.45) is 0 Å². The Labute approximate surface area is 105 Å². The molecule has 0 atom stereocenters. The van der Waals surface area contributed by atoms with Gasteiger partial charge in [-0.1, -0.05) is 18.2 Å². The minimum absolute atomic E-state index is 0.134. The average Bonchev–Trinajstić information content (AvgIpc) is 2.34. The van der Waals surface area contributed by atoms with E-state index in [9.17, 15) is 4.79 Å². The van der Waals surface area contributed by atoms with Crippen molar-refractivity contribution in [3.8, 4) is 17.2 Å². The standard InChI is InChI=1S/C12H13ClO4/c1-8(13)7-17-12-10(15-2)4-9(6-14)5-11(12)16-3/h4-6H,1,7H2,2-3H3. The van der Waals surface area contributed by atoms with Crippen molar-refractivity contribution in [2.45, 2.75) is 0 Å². The average molecular weight is 257 g/mol. The molecule has 0 unspecified atom stereocenters. The van der Waals surface area contributed by atoms with Crippen molar-refractivity contribution in [2.75, 3.05) is 20.8 Å². The molecule has 0 aliphatic heterocycles. The van der Waals surface area contributed by atoms with E-state index in [1.807, 2.05) is 0 Å². The van der Waals surface area contributed by atoms with E-state index >= 15 is 0 Å². The van der Waals surface area contributed by atoms with Crippen LogP contribution in [0.25, 0.3) is 0 Å². The van der Waals surface area contributed by atoms with E-state index in [1.54, 1.807) is 12.1 Å². The minimum atomic E-state index is 0.134. The fourth-order valence-corrected chi connectivity index (χ4v) is 1.32. The first-order valence-corrected chi connectivity index (χ1v) is 5.17. The number of ether oxygens (including phenoxy) is 3. The molecular formula is C12H13ClO4. The van der Waals surface area contributed by atoms with Gasteiger partial charge in [0, 0.05) is 10.6 Å². The predicted octanol–water partition coefficient (Wildman–Crippen LogP) is 2.65. The van der Waals surface area contributed by atoms with Gasteiger partial charge in [-0.15, -0.1) is 0 Å². The molecule has 0 saturated heterocycles. The second-order valence-electron chi connectivity index (χ2n) is 3.18. The maximum Gasteiger partial charge on any atom is 0.203 e. The van der Waals surface area contributed by atoms with Crippen molar-refractivity contribution >= 4 is 17.9 Å². The SMILES string of the molecule is C=C(Cl)COc1c(OC)cc(C=O)cc1OC. The van der Waals surface area contributed by atoms with Gasteiger partial charge < -0.3 is 14.2 Å². The van der Waals surface area contributed by atoms with Crippen molar-refractivity contribution in [3.63, 3.8) is 0 Å². The first-order valence-electron chi connectivity index (χ1n) is 4.79. The number of hydrogen-bond donors (Lipinski definition) is 0. The highest BCUT2D eigenvalue weighted by Gasteiger charge is 2.14. The number of rotatable bonds is 6. The topological polar surface area (TPSA) is 44.8 Å². The van der Waals surface area contributed by atoms with Crippen LogP contribution in [0.15, 0.2) is 23.7 Å². The lowest BCUT2D eigenvalue weighted by molar-refractivity contribution is 0.112. The number of carbonyl (C=O) groups is 1. The van der Waals surface area contributed by atoms with Gasteiger partial charge in [-0.2, -0.15) is 0 Å². The molecule has 1 aromatic carbocycles. The second-order valence-corrected chi connectivity index (χ2v) is 3.71. The van der Waals surface area contributed by atoms with Crippen molar-refractivity contribution in [3.05, 3.63) is 29.3 Å². The van der Waals surface area contributed by atoms with Gasteiger partial charge in [0.2, 0.25) is 5.75 Å². The summed E-state index contributed by atoms with van der Waals surface area (Å²) < 4.78 is 15.7. The lowest BCUT2D eigenvalue weighted by atomic mass is 10.2. The van der Waals surface area contributed by atoms with Crippen LogP contribution in [0.2, 0.25) is 0 Å². The molecule has 0 fully saturated rings. The summed E-state index contributed by atoms with van der Waals surface area (Å²) in [7, 11) is 2.96. The summed E-state index contributed by atoms with van der Waals surface area (Å²) in [5.41, 5.74) is 0.441. The molecule has 0 aromatic heterocycles. The molecule has 1 aromatic rings. The molecule has 0 N–H and O–H groups in total. The Bertz CT molecular complexity index is 404. The fourth-order valence-electron chi connectivity index (χ4n) is 1.26. The minimum Gasteiger partial charge on any atom is -0.493 e. The third-order valence-corrected chi connectivity index (χ3v) is 2.10. The van der Waals surface area contributed by atoms with Crippen LogP contribution in [-0.2, 0) is 0 Å². The zero-order chi connectivity index (χ0) is 12.8. The van der Waals surface area contributed by atoms with Gasteiger partial charge in [0.1, 0.15) is 12.9 Å². The Balaban J connectivity index is 3.14. The van der Waals surface area contributed by atoms with E-state index in [1.165, 1.54) is 14.2 Å². The first-order chi connectivity index (χ1) is 8.12. The van der Waals surface area contributed by atoms with E-state index in [2.05, 4.69) is 6.58 Å². The van der Waals surface area contributed by atoms with E-state index in [0.717, 1.165) is 0 Å². The Morgan fingerprint density at radius 2 is 1.88 bits per heavy atom. The summed E-state index contributed by atoms with van der Waals surface area (Å²) in [6.45, 7) is 3.65. The van der Waals surface area contributed by atoms with E-state index in [0.29, 0.717) is 34.1 Å². The Morgan fingerprint density at radius 1 is 1.35 bits per heavy atom. The summed E-state index contributed by atoms with van der Waals surface area (Å²) in [5, 5.41) is 0.355. The monoisotopic (exact) mass is 256 g/mol. The predicted molar refractivity (Wildman–Crippen MR) is 65.4 cm³/mol. The van der Waals surface area contributed by atoms with E-state index in [-0.39, 0.29) is 6.61 Å². The second kappa shape index (κ2) is 6.15. The molecule has 0 saturated carbocycles. The van der Waals surface area contributed by atoms with Crippen LogP contribution in [0, 0.1) is 0 Å². The zero-order valence-electron chi connectivity index (χ0n) is 9.66. The zero-order valence-corrected chi connectivity index (χ0v) is 10.4. The van der Waals surface area contributed by atoms with Crippen LogP contribution in [0.1, 0.15) is 10.4 Å². The summed E-state index contributed by atoms with van der Waals surface area (Å²) in [4.78, 5) is 10.7. The highest BCUT2D eigenvalue weighted by atomic mass is 35.5. The third-order valence-electron chi connectivity index (χ3n) is 1.99. The van der Waals surface area contributed by atoms with Gasteiger partial charge in [-0.25, -0.2) is 0 Å². The first kappa shape index (κ1) is 13.4. The van der Waals surface area contributed by atoms with Crippen LogP contribution in [0.5, 0.6) is 17.2 Å². The van der Waals surface area contributed by atoms with Crippen LogP contribution in [0.3, 0.4) is 0 Å².